The molecule has 5 aliphatic rings. The van der Waals surface area contributed by atoms with E-state index in [1.807, 2.05) is 27.7 Å². The van der Waals surface area contributed by atoms with E-state index in [0.29, 0.717) is 55.6 Å². The molecule has 5 fully saturated rings. The highest BCUT2D eigenvalue weighted by Gasteiger charge is 2.47. The summed E-state index contributed by atoms with van der Waals surface area (Å²) >= 11 is 0. The third-order valence-electron chi connectivity index (χ3n) is 11.5. The highest BCUT2D eigenvalue weighted by molar-refractivity contribution is 7.86. The van der Waals surface area contributed by atoms with Gasteiger partial charge in [0.05, 0.1) is 11.8 Å². The Kier molecular flexibility index (Phi) is 9.63. The number of ether oxygens (including phenoxy) is 1. The largest absolute Gasteiger partial charge is 0.451 e. The van der Waals surface area contributed by atoms with Crippen LogP contribution in [0.25, 0.3) is 0 Å². The Labute approximate surface area is 290 Å². The fourth-order valence-electron chi connectivity index (χ4n) is 8.59. The van der Waals surface area contributed by atoms with Crippen LogP contribution in [0, 0.1) is 23.1 Å². The van der Waals surface area contributed by atoms with E-state index in [1.54, 1.807) is 19.7 Å². The smallest absolute Gasteiger partial charge is 0.282 e. The number of hydrogen-bond donors (Lipinski definition) is 1. The molecule has 2 aromatic rings. The lowest BCUT2D eigenvalue weighted by Gasteiger charge is -2.54. The van der Waals surface area contributed by atoms with Gasteiger partial charge in [-0.05, 0) is 90.6 Å². The van der Waals surface area contributed by atoms with Crippen LogP contribution in [0.5, 0.6) is 11.5 Å². The Morgan fingerprint density at radius 3 is 2.37 bits per heavy atom. The third kappa shape index (κ3) is 6.91. The van der Waals surface area contributed by atoms with Gasteiger partial charge in [0.2, 0.25) is 0 Å². The summed E-state index contributed by atoms with van der Waals surface area (Å²) in [6, 6.07) is 4.26. The Balaban J connectivity index is 0.917. The van der Waals surface area contributed by atoms with E-state index in [-0.39, 0.29) is 34.7 Å². The zero-order chi connectivity index (χ0) is 34.5. The number of nitrogens with one attached hydrogen (secondary N) is 1. The number of amides is 1. The molecule has 0 aliphatic carbocycles. The Bertz CT molecular complexity index is 1600. The molecule has 12 nitrogen and oxygen atoms in total. The number of aromatic nitrogens is 2. The minimum absolute atomic E-state index is 0.0624. The molecule has 2 atom stereocenters. The molecule has 268 valence electrons. The van der Waals surface area contributed by atoms with E-state index in [0.717, 1.165) is 65.0 Å². The number of benzene rings is 1. The van der Waals surface area contributed by atoms with Crippen LogP contribution in [0.3, 0.4) is 0 Å². The van der Waals surface area contributed by atoms with E-state index < -0.39 is 16.0 Å². The zero-order valence-electron chi connectivity index (χ0n) is 29.2. The molecular formula is C35H51FN8O4S. The van der Waals surface area contributed by atoms with Gasteiger partial charge in [-0.25, -0.2) is 14.4 Å². The van der Waals surface area contributed by atoms with Crippen LogP contribution in [0.15, 0.2) is 30.7 Å². The monoisotopic (exact) mass is 698 g/mol. The lowest BCUT2D eigenvalue weighted by atomic mass is 9.72. The second kappa shape index (κ2) is 13.7. The maximum atomic E-state index is 14.4. The number of rotatable bonds is 10. The Morgan fingerprint density at radius 1 is 1.04 bits per heavy atom. The molecule has 0 bridgehead atoms. The minimum atomic E-state index is -3.36. The summed E-state index contributed by atoms with van der Waals surface area (Å²) in [4.78, 5) is 28.8. The molecule has 1 N–H and O–H groups in total. The van der Waals surface area contributed by atoms with Crippen molar-refractivity contribution in [3.63, 3.8) is 0 Å². The molecule has 7 rings (SSSR count). The molecule has 5 saturated heterocycles. The first kappa shape index (κ1) is 34.5. The molecule has 0 radical (unpaired) electrons. The lowest BCUT2D eigenvalue weighted by molar-refractivity contribution is 0.0608. The Hall–Kier alpha value is -2.91. The molecule has 6 heterocycles. The van der Waals surface area contributed by atoms with Gasteiger partial charge in [0.15, 0.2) is 11.6 Å². The van der Waals surface area contributed by atoms with Gasteiger partial charge in [-0.3, -0.25) is 4.79 Å². The second-order valence-electron chi connectivity index (χ2n) is 15.5. The fraction of sp³-hybridized carbons (Fsp3) is 0.686. The second-order valence-corrected chi connectivity index (χ2v) is 17.4. The molecule has 49 heavy (non-hydrogen) atoms. The molecule has 1 amide bonds. The number of fused-ring (bicyclic) bond motifs is 1. The summed E-state index contributed by atoms with van der Waals surface area (Å²) in [7, 11) is -3.36. The molecule has 0 unspecified atom stereocenters. The highest BCUT2D eigenvalue weighted by atomic mass is 32.2. The summed E-state index contributed by atoms with van der Waals surface area (Å²) in [5.41, 5.74) is 0.388. The number of halogens is 1. The van der Waals surface area contributed by atoms with E-state index >= 15 is 0 Å². The number of carbonyl (C=O) groups excluding carboxylic acids is 1. The van der Waals surface area contributed by atoms with E-state index in [1.165, 1.54) is 24.5 Å². The van der Waals surface area contributed by atoms with Crippen LogP contribution in [0.1, 0.15) is 63.7 Å². The van der Waals surface area contributed by atoms with Crippen molar-refractivity contribution < 1.29 is 22.3 Å². The molecule has 0 saturated carbocycles. The van der Waals surface area contributed by atoms with Crippen molar-refractivity contribution in [2.24, 2.45) is 17.3 Å². The van der Waals surface area contributed by atoms with Crippen LogP contribution in [-0.2, 0) is 10.2 Å². The van der Waals surface area contributed by atoms with Gasteiger partial charge < -0.3 is 24.8 Å². The summed E-state index contributed by atoms with van der Waals surface area (Å²) in [5, 5.41) is 3.35. The quantitative estimate of drug-likeness (QED) is 0.399. The van der Waals surface area contributed by atoms with Gasteiger partial charge in [0, 0.05) is 81.8 Å². The average molecular weight is 699 g/mol. The first-order valence-electron chi connectivity index (χ1n) is 18.0. The Morgan fingerprint density at radius 2 is 1.76 bits per heavy atom. The van der Waals surface area contributed by atoms with Crippen molar-refractivity contribution in [3.8, 4) is 11.5 Å². The lowest BCUT2D eigenvalue weighted by Crippen LogP contribution is -2.61. The first-order chi connectivity index (χ1) is 23.4. The van der Waals surface area contributed by atoms with Gasteiger partial charge in [-0.2, -0.15) is 17.0 Å². The molecule has 1 aromatic heterocycles. The third-order valence-corrected chi connectivity index (χ3v) is 13.4. The van der Waals surface area contributed by atoms with E-state index in [4.69, 9.17) is 4.74 Å². The maximum Gasteiger partial charge on any atom is 0.282 e. The molecular weight excluding hydrogens is 648 g/mol. The molecule has 1 aromatic carbocycles. The van der Waals surface area contributed by atoms with Gasteiger partial charge in [0.1, 0.15) is 17.9 Å². The van der Waals surface area contributed by atoms with Crippen LogP contribution in [0.4, 0.5) is 10.2 Å². The maximum absolute atomic E-state index is 14.4. The topological polar surface area (TPSA) is 114 Å². The standard InChI is InChI=1S/C35H51FN8O4S/c1-24(2)44(25(3)4)34(45)29-15-28(36)5-6-31(29)48-32-17-37-23-39-33(32)41-21-35(22-41)9-13-40(14-10-35)18-26-7-11-42(12-8-26)49(46,47)43-19-27-16-38-30(27)20-43/h5-6,15,17,23-27,30,38H,7-14,16,18-22H2,1-4H3/t27-,30+/m1/s1. The van der Waals surface area contributed by atoms with E-state index in [2.05, 4.69) is 25.1 Å². The SMILES string of the molecule is CC(C)N(C(=O)c1cc(F)ccc1Oc1cncnc1N1CC2(CCN(CC3CCN(S(=O)(=O)N4C[C@H]5CN[C@H]5C4)CC3)CC2)C1)C(C)C. The first-order valence-corrected chi connectivity index (χ1v) is 19.4. The summed E-state index contributed by atoms with van der Waals surface area (Å²) in [6.45, 7) is 16.0. The molecule has 1 spiro atoms. The van der Waals surface area contributed by atoms with Crippen molar-refractivity contribution in [1.82, 2.24) is 33.7 Å². The van der Waals surface area contributed by atoms with E-state index in [9.17, 15) is 17.6 Å². The number of likely N-dealkylation sites (tertiary alicyclic amines) is 1. The van der Waals surface area contributed by atoms with Crippen LogP contribution in [-0.4, -0.2) is 126 Å². The molecule has 5 aliphatic heterocycles. The van der Waals surface area contributed by atoms with Crippen molar-refractivity contribution >= 4 is 21.9 Å². The van der Waals surface area contributed by atoms with Crippen LogP contribution in [0.2, 0.25) is 0 Å². The van der Waals surface area contributed by atoms with Gasteiger partial charge in [-0.1, -0.05) is 0 Å². The highest BCUT2D eigenvalue weighted by Crippen LogP contribution is 2.45. The number of nitrogens with zero attached hydrogens (tertiary/aromatic N) is 7. The van der Waals surface area contributed by atoms with Crippen LogP contribution < -0.4 is 15.0 Å². The number of carbonyl (C=O) groups is 1. The zero-order valence-corrected chi connectivity index (χ0v) is 30.0. The van der Waals surface area contributed by atoms with Crippen molar-refractivity contribution in [1.29, 1.82) is 0 Å². The van der Waals surface area contributed by atoms with Gasteiger partial charge in [0.25, 0.3) is 16.1 Å². The number of anilines is 1. The fourth-order valence-corrected chi connectivity index (χ4v) is 10.3. The van der Waals surface area contributed by atoms with Crippen molar-refractivity contribution in [2.75, 3.05) is 70.3 Å². The van der Waals surface area contributed by atoms with Gasteiger partial charge in [-0.15, -0.1) is 0 Å². The normalized spacial score (nSPS) is 25.0. The minimum Gasteiger partial charge on any atom is -0.451 e. The summed E-state index contributed by atoms with van der Waals surface area (Å²) in [6.07, 6.45) is 7.14. The van der Waals surface area contributed by atoms with Gasteiger partial charge >= 0.3 is 0 Å². The molecule has 14 heteroatoms. The number of piperidine rings is 2. The number of hydrogen-bond acceptors (Lipinski definition) is 9. The van der Waals surface area contributed by atoms with Crippen molar-refractivity contribution in [3.05, 3.63) is 42.1 Å². The predicted octanol–water partition coefficient (Wildman–Crippen LogP) is 3.43. The summed E-state index contributed by atoms with van der Waals surface area (Å²) < 4.78 is 50.6. The summed E-state index contributed by atoms with van der Waals surface area (Å²) in [5.74, 6) is 1.62. The van der Waals surface area contributed by atoms with Crippen molar-refractivity contribution in [2.45, 2.75) is 71.5 Å². The van der Waals surface area contributed by atoms with Crippen LogP contribution >= 0.6 is 0 Å². The predicted molar refractivity (Wildman–Crippen MR) is 185 cm³/mol. The average Bonchev–Trinajstić information content (AvgIpc) is 3.35.